The third kappa shape index (κ3) is 18.4. The molecule has 10 heteroatoms. The van der Waals surface area contributed by atoms with E-state index in [4.69, 9.17) is 10.5 Å². The number of amides is 1. The van der Waals surface area contributed by atoms with Crippen LogP contribution in [0.4, 0.5) is 17.3 Å². The van der Waals surface area contributed by atoms with Gasteiger partial charge in [0.25, 0.3) is 0 Å². The second-order valence-corrected chi connectivity index (χ2v) is 7.27. The molecular formula is C27H28BF4N3OPd. The molecule has 0 unspecified atom stereocenters. The van der Waals surface area contributed by atoms with Gasteiger partial charge in [0, 0.05) is 26.0 Å². The van der Waals surface area contributed by atoms with Crippen LogP contribution in [0.15, 0.2) is 78.9 Å². The first kappa shape index (κ1) is 35.6. The molecule has 1 amide bonds. The maximum absolute atomic E-state index is 13.0. The van der Waals surface area contributed by atoms with Crippen molar-refractivity contribution in [3.63, 3.8) is 0 Å². The van der Waals surface area contributed by atoms with E-state index in [1.807, 2.05) is 80.2 Å². The summed E-state index contributed by atoms with van der Waals surface area (Å²) in [5, 5.41) is 14.6. The Hall–Kier alpha value is -3.57. The molecule has 0 heterocycles. The average Bonchev–Trinajstić information content (AvgIpc) is 2.81. The number of halogens is 4. The molecule has 4 nitrogen and oxygen atoms in total. The van der Waals surface area contributed by atoms with Crippen molar-refractivity contribution in [2.75, 3.05) is 0 Å². The molecule has 3 aromatic rings. The zero-order valence-corrected chi connectivity index (χ0v) is 22.5. The van der Waals surface area contributed by atoms with Crippen molar-refractivity contribution in [3.8, 4) is 12.1 Å². The summed E-state index contributed by atoms with van der Waals surface area (Å²) in [6.07, 6.45) is 0. The van der Waals surface area contributed by atoms with Crippen LogP contribution in [0.3, 0.4) is 0 Å². The second kappa shape index (κ2) is 19.6. The molecule has 3 aromatic carbocycles. The number of aryl methyl sites for hydroxylation is 2. The van der Waals surface area contributed by atoms with Gasteiger partial charge < -0.3 is 22.2 Å². The van der Waals surface area contributed by atoms with Crippen LogP contribution >= 0.6 is 0 Å². The summed E-state index contributed by atoms with van der Waals surface area (Å²) in [7, 11) is -6.00. The molecule has 0 aliphatic carbocycles. The number of nitrogens with zero attached hydrogens (tertiary/aromatic N) is 3. The molecule has 0 aliphatic rings. The van der Waals surface area contributed by atoms with E-state index in [2.05, 4.69) is 19.1 Å². The zero-order chi connectivity index (χ0) is 27.6. The maximum Gasteiger partial charge on any atom is 2.00 e. The van der Waals surface area contributed by atoms with Crippen molar-refractivity contribution in [1.82, 2.24) is 4.90 Å². The number of hydrogen-bond donors (Lipinski definition) is 0. The molecule has 0 N–H and O–H groups in total. The smallest absolute Gasteiger partial charge is 0.418 e. The van der Waals surface area contributed by atoms with Crippen molar-refractivity contribution in [2.45, 2.75) is 34.2 Å². The van der Waals surface area contributed by atoms with Crippen LogP contribution in [0, 0.1) is 43.1 Å². The van der Waals surface area contributed by atoms with Crippen LogP contribution < -0.4 is 0 Å². The Labute approximate surface area is 230 Å². The molecule has 0 radical (unpaired) electrons. The summed E-state index contributed by atoms with van der Waals surface area (Å²) in [5.41, 5.74) is 5.17. The Kier molecular flexibility index (Phi) is 18.8. The van der Waals surface area contributed by atoms with E-state index < -0.39 is 7.25 Å². The van der Waals surface area contributed by atoms with Gasteiger partial charge in [-0.3, -0.25) is 4.79 Å². The Balaban J connectivity index is 0. The van der Waals surface area contributed by atoms with Gasteiger partial charge in [0.15, 0.2) is 0 Å². The summed E-state index contributed by atoms with van der Waals surface area (Å²) >= 11 is 0. The predicted octanol–water partition coefficient (Wildman–Crippen LogP) is 7.51. The van der Waals surface area contributed by atoms with E-state index in [1.54, 1.807) is 17.0 Å². The van der Waals surface area contributed by atoms with Gasteiger partial charge in [0.1, 0.15) is 0 Å². The molecule has 3 rings (SSSR count). The molecule has 0 bridgehead atoms. The van der Waals surface area contributed by atoms with Gasteiger partial charge in [-0.1, -0.05) is 60.1 Å². The van der Waals surface area contributed by atoms with Gasteiger partial charge in [-0.2, -0.15) is 28.2 Å². The predicted molar refractivity (Wildman–Crippen MR) is 135 cm³/mol. The number of carbonyl (C=O) groups excluding carboxylic acids is 1. The van der Waals surface area contributed by atoms with Crippen molar-refractivity contribution < 1.29 is 42.5 Å². The van der Waals surface area contributed by atoms with Crippen LogP contribution in [0.5, 0.6) is 0 Å². The second-order valence-electron chi connectivity index (χ2n) is 7.27. The van der Waals surface area contributed by atoms with Gasteiger partial charge >= 0.3 is 27.7 Å². The largest absolute Gasteiger partial charge is 2.00 e. The van der Waals surface area contributed by atoms with E-state index in [1.165, 1.54) is 19.4 Å². The minimum atomic E-state index is -6.00. The number of carbonyl (C=O) groups is 1. The number of hydrogen-bond acceptors (Lipinski definition) is 3. The first-order valence-electron chi connectivity index (χ1n) is 10.8. The summed E-state index contributed by atoms with van der Waals surface area (Å²) in [6, 6.07) is 29.5. The van der Waals surface area contributed by atoms with E-state index in [-0.39, 0.29) is 26.3 Å². The third-order valence-electron chi connectivity index (χ3n) is 4.14. The summed E-state index contributed by atoms with van der Waals surface area (Å²) in [4.78, 5) is 14.8. The minimum Gasteiger partial charge on any atom is -0.418 e. The van der Waals surface area contributed by atoms with Gasteiger partial charge in [-0.25, -0.2) is 0 Å². The molecular weight excluding hydrogens is 576 g/mol. The Bertz CT molecular complexity index is 1090. The van der Waals surface area contributed by atoms with Crippen LogP contribution in [0.1, 0.15) is 46.5 Å². The topological polar surface area (TPSA) is 67.9 Å². The van der Waals surface area contributed by atoms with Crippen molar-refractivity contribution >= 4 is 13.2 Å². The molecule has 0 spiro atoms. The van der Waals surface area contributed by atoms with Crippen molar-refractivity contribution in [2.24, 2.45) is 0 Å². The van der Waals surface area contributed by atoms with Gasteiger partial charge in [-0.15, -0.1) is 12.1 Å². The average molecular weight is 604 g/mol. The van der Waals surface area contributed by atoms with Crippen molar-refractivity contribution in [3.05, 3.63) is 113 Å². The van der Waals surface area contributed by atoms with Gasteiger partial charge in [0.05, 0.1) is 12.1 Å². The molecule has 0 atom stereocenters. The number of nitriles is 2. The molecule has 0 saturated heterocycles. The fourth-order valence-corrected chi connectivity index (χ4v) is 2.65. The fourth-order valence-electron chi connectivity index (χ4n) is 2.65. The van der Waals surface area contributed by atoms with Crippen LogP contribution in [-0.4, -0.2) is 18.1 Å². The van der Waals surface area contributed by atoms with Gasteiger partial charge in [0.2, 0.25) is 5.91 Å². The molecule has 0 fully saturated rings. The van der Waals surface area contributed by atoms with Gasteiger partial charge in [-0.05, 0) is 31.5 Å². The maximum atomic E-state index is 13.0. The Morgan fingerprint density at radius 1 is 0.811 bits per heavy atom. The normalized spacial score (nSPS) is 9.03. The molecule has 198 valence electrons. The standard InChI is InChI=1S/C23H22NO.2C2H3N.BF4.Pd/c1-18-8-12-21(13-9-18)17-24(16-20-6-4-3-5-7-20)23(25)22-14-10-19(2)11-15-22;2*1-2-3;2-1(3,4)5;/h3-15,17H,16H2,1-2H3;2*1H3;;/q-1;;;-1;+2. The van der Waals surface area contributed by atoms with Crippen molar-refractivity contribution in [1.29, 1.82) is 10.5 Å². The zero-order valence-electron chi connectivity index (χ0n) is 20.9. The summed E-state index contributed by atoms with van der Waals surface area (Å²) < 4.78 is 39.0. The molecule has 0 aromatic heterocycles. The van der Waals surface area contributed by atoms with E-state index in [0.717, 1.165) is 16.7 Å². The third-order valence-corrected chi connectivity index (χ3v) is 4.14. The SMILES string of the molecule is CC#N.CC#N.Cc1ccc([CH-]N(Cc2ccccc2)C(=O)c2ccc(C)cc2)cc1.F[B-](F)(F)F.[Pd+2]. The molecule has 37 heavy (non-hydrogen) atoms. The molecule has 0 aliphatic heterocycles. The number of rotatable bonds is 5. The number of benzene rings is 3. The quantitative estimate of drug-likeness (QED) is 0.172. The fraction of sp³-hybridized carbons (Fsp3) is 0.185. The Morgan fingerprint density at radius 2 is 1.19 bits per heavy atom. The summed E-state index contributed by atoms with van der Waals surface area (Å²) in [5.74, 6) is 0.00410. The van der Waals surface area contributed by atoms with Crippen LogP contribution in [0.2, 0.25) is 0 Å². The first-order valence-corrected chi connectivity index (χ1v) is 10.8. The van der Waals surface area contributed by atoms with E-state index in [9.17, 15) is 22.1 Å². The van der Waals surface area contributed by atoms with E-state index in [0.29, 0.717) is 12.1 Å². The Morgan fingerprint density at radius 3 is 1.59 bits per heavy atom. The summed E-state index contributed by atoms with van der Waals surface area (Å²) in [6.45, 7) is 9.41. The van der Waals surface area contributed by atoms with Crippen LogP contribution in [0.25, 0.3) is 0 Å². The van der Waals surface area contributed by atoms with E-state index >= 15 is 0 Å². The minimum absolute atomic E-state index is 0. The first-order chi connectivity index (χ1) is 16.9. The van der Waals surface area contributed by atoms with Crippen LogP contribution in [-0.2, 0) is 27.0 Å². The molecule has 0 saturated carbocycles. The monoisotopic (exact) mass is 603 g/mol.